The molecular weight excluding hydrogens is 1030 g/mol. The van der Waals surface area contributed by atoms with E-state index < -0.39 is 125 Å². The van der Waals surface area contributed by atoms with Crippen molar-refractivity contribution in [2.24, 2.45) is 23.7 Å². The number of carboxylic acid groups (broad SMARTS) is 1. The van der Waals surface area contributed by atoms with Gasteiger partial charge in [0.05, 0.1) is 65.3 Å². The monoisotopic (exact) mass is 1120 g/mol. The van der Waals surface area contributed by atoms with E-state index in [1.807, 2.05) is 65.6 Å². The SMILES string of the molecule is CC[C@@H]1OC(=O)[C@H](C)[C@H](O[C@H]2C[C@](C)(OC)[C@@H](OCCN(C)CCNc3cc4c(cc3F)c(=O)c(C(=O)O)cn4C3CC3)[C@@H](C)O2)[C@@H](C)[C@H](O[C@H]2O[C@@H](C)C[C@@H](N(C)C)[C@H]2O)[C@](C)(OC)C[C@H](C)C(=O)[C@H](C)[C@H]2OC(=O)O[C@@]12C. The Balaban J connectivity index is 1.10. The minimum absolute atomic E-state index is 0.0212. The maximum absolute atomic E-state index is 15.4. The number of aliphatic hydroxyl groups is 1. The number of likely N-dealkylation sites (N-methyl/N-ethyl adjacent to an activating group) is 2. The molecule has 4 aliphatic heterocycles. The number of esters is 1. The number of ketones is 1. The van der Waals surface area contributed by atoms with Gasteiger partial charge >= 0.3 is 18.1 Å². The number of aromatic carboxylic acids is 1. The normalized spacial score (nSPS) is 37.8. The molecule has 7 rings (SSSR count). The number of fused-ring (bicyclic) bond motifs is 2. The van der Waals surface area contributed by atoms with Gasteiger partial charge in [0, 0.05) is 75.8 Å². The largest absolute Gasteiger partial charge is 0.509 e. The van der Waals surface area contributed by atoms with Gasteiger partial charge in [-0.15, -0.1) is 0 Å². The Morgan fingerprint density at radius 2 is 1.57 bits per heavy atom. The first-order valence-corrected chi connectivity index (χ1v) is 28.0. The van der Waals surface area contributed by atoms with Gasteiger partial charge in [-0.1, -0.05) is 27.7 Å². The number of aromatic nitrogens is 1. The maximum atomic E-state index is 15.4. The molecule has 0 radical (unpaired) electrons. The van der Waals surface area contributed by atoms with Gasteiger partial charge < -0.3 is 77.3 Å². The summed E-state index contributed by atoms with van der Waals surface area (Å²) in [5.74, 6) is -6.30. The van der Waals surface area contributed by atoms with E-state index in [2.05, 4.69) is 5.32 Å². The number of anilines is 1. The van der Waals surface area contributed by atoms with Gasteiger partial charge in [0.15, 0.2) is 24.3 Å². The van der Waals surface area contributed by atoms with Crippen LogP contribution in [-0.4, -0.2) is 194 Å². The smallest absolute Gasteiger partial charge is 0.477 e. The summed E-state index contributed by atoms with van der Waals surface area (Å²) in [5.41, 5.74) is -4.25. The average Bonchev–Trinajstić information content (AvgIpc) is 4.29. The highest BCUT2D eigenvalue weighted by molar-refractivity contribution is 5.93. The molecule has 1 aromatic heterocycles. The summed E-state index contributed by atoms with van der Waals surface area (Å²) in [7, 11) is 8.77. The number of halogens is 1. The van der Waals surface area contributed by atoms with E-state index in [-0.39, 0.29) is 66.5 Å². The Morgan fingerprint density at radius 1 is 0.899 bits per heavy atom. The second kappa shape index (κ2) is 25.0. The molecule has 0 spiro atoms. The standard InChI is InChI=1S/C57H87FN4O17/c1-16-42-57(10)49(78-54(69)79-57)31(4)44(63)29(2)26-55(8,70-14)48(77-53-46(65)41(60(11)12)23-30(3)73-53)32(5)47(33(6)52(68)75-42)76-43-27-56(9,71-15)50(34(7)74-43)72-22-21-61(13)20-19-59-39-25-40-36(24-38(39)58)45(64)37(51(66)67)28-62(40)35-17-18-35/h24-25,28-35,41-43,46-50,53,59,65H,16-23,26-27H2,1-15H3,(H,66,67)/t29-,30-,31-,32+,33+,34+,41+,42-,43-,46+,47+,48-,49+,50-,53+,55+,56-,57-/m0/s1. The first kappa shape index (κ1) is 62.2. The summed E-state index contributed by atoms with van der Waals surface area (Å²) in [6.45, 7) is 19.5. The van der Waals surface area contributed by atoms with Crippen molar-refractivity contribution in [2.75, 3.05) is 66.9 Å². The van der Waals surface area contributed by atoms with Crippen LogP contribution in [0.5, 0.6) is 0 Å². The van der Waals surface area contributed by atoms with E-state index in [1.54, 1.807) is 52.4 Å². The van der Waals surface area contributed by atoms with Gasteiger partial charge in [0.1, 0.15) is 35.5 Å². The van der Waals surface area contributed by atoms with E-state index in [0.717, 1.165) is 18.9 Å². The van der Waals surface area contributed by atoms with Gasteiger partial charge in [-0.3, -0.25) is 14.4 Å². The third kappa shape index (κ3) is 13.1. The number of aliphatic hydroxyl groups excluding tert-OH is 1. The third-order valence-corrected chi connectivity index (χ3v) is 17.6. The second-order valence-corrected chi connectivity index (χ2v) is 23.8. The number of carboxylic acids is 1. The lowest BCUT2D eigenvalue weighted by atomic mass is 9.74. The Kier molecular flexibility index (Phi) is 19.7. The molecule has 5 aliphatic rings. The zero-order valence-corrected chi connectivity index (χ0v) is 48.8. The van der Waals surface area contributed by atoms with E-state index in [4.69, 9.17) is 47.4 Å². The molecular formula is C57H87FN4O17. The molecule has 444 valence electrons. The van der Waals surface area contributed by atoms with Crippen LogP contribution in [0.4, 0.5) is 14.9 Å². The lowest BCUT2D eigenvalue weighted by Gasteiger charge is -2.50. The Hall–Kier alpha value is -4.36. The number of nitrogens with zero attached hydrogens (tertiary/aromatic N) is 3. The predicted octanol–water partition coefficient (Wildman–Crippen LogP) is 6.18. The first-order chi connectivity index (χ1) is 37.1. The quantitative estimate of drug-likeness (QED) is 0.141. The lowest BCUT2D eigenvalue weighted by molar-refractivity contribution is -0.322. The van der Waals surface area contributed by atoms with Gasteiger partial charge in [0.2, 0.25) is 5.43 Å². The van der Waals surface area contributed by atoms with Crippen LogP contribution in [0, 0.1) is 29.5 Å². The van der Waals surface area contributed by atoms with Crippen LogP contribution in [0.2, 0.25) is 0 Å². The highest BCUT2D eigenvalue weighted by atomic mass is 19.1. The average molecular weight is 1120 g/mol. The zero-order valence-electron chi connectivity index (χ0n) is 48.8. The number of pyridine rings is 1. The molecule has 1 aliphatic carbocycles. The van der Waals surface area contributed by atoms with Crippen molar-refractivity contribution in [3.8, 4) is 0 Å². The van der Waals surface area contributed by atoms with E-state index in [0.29, 0.717) is 31.6 Å². The number of carbonyl (C=O) groups is 4. The number of hydrogen-bond acceptors (Lipinski definition) is 19. The fraction of sp³-hybridized carbons (Fsp3) is 0.772. The highest BCUT2D eigenvalue weighted by Gasteiger charge is 2.60. The molecule has 5 fully saturated rings. The molecule has 1 saturated carbocycles. The summed E-state index contributed by atoms with van der Waals surface area (Å²) >= 11 is 0. The number of nitrogens with one attached hydrogen (secondary N) is 1. The minimum atomic E-state index is -1.52. The van der Waals surface area contributed by atoms with Crippen LogP contribution in [-0.2, 0) is 57.0 Å². The topological polar surface area (TPSA) is 242 Å². The summed E-state index contributed by atoms with van der Waals surface area (Å²) in [6.07, 6.45) is -5.86. The maximum Gasteiger partial charge on any atom is 0.509 e. The molecule has 1 aromatic carbocycles. The van der Waals surface area contributed by atoms with Crippen molar-refractivity contribution >= 4 is 40.5 Å². The minimum Gasteiger partial charge on any atom is -0.477 e. The predicted molar refractivity (Wildman–Crippen MR) is 287 cm³/mol. The molecule has 79 heavy (non-hydrogen) atoms. The highest BCUT2D eigenvalue weighted by Crippen LogP contribution is 2.45. The summed E-state index contributed by atoms with van der Waals surface area (Å²) < 4.78 is 81.3. The van der Waals surface area contributed by atoms with Crippen molar-refractivity contribution in [1.29, 1.82) is 0 Å². The second-order valence-electron chi connectivity index (χ2n) is 23.8. The summed E-state index contributed by atoms with van der Waals surface area (Å²) in [6, 6.07) is 2.39. The molecule has 0 bridgehead atoms. The van der Waals surface area contributed by atoms with E-state index >= 15 is 4.39 Å². The molecule has 18 atom stereocenters. The molecule has 4 saturated heterocycles. The van der Waals surface area contributed by atoms with Crippen molar-refractivity contribution in [3.63, 3.8) is 0 Å². The number of hydrogen-bond donors (Lipinski definition) is 3. The zero-order chi connectivity index (χ0) is 58.2. The van der Waals surface area contributed by atoms with Crippen molar-refractivity contribution in [1.82, 2.24) is 14.4 Å². The van der Waals surface area contributed by atoms with Gasteiger partial charge in [0.25, 0.3) is 0 Å². The van der Waals surface area contributed by atoms with Crippen molar-refractivity contribution in [2.45, 2.75) is 198 Å². The van der Waals surface area contributed by atoms with Gasteiger partial charge in [-0.05, 0) is 107 Å². The van der Waals surface area contributed by atoms with Gasteiger partial charge in [-0.25, -0.2) is 14.0 Å². The van der Waals surface area contributed by atoms with Gasteiger partial charge in [-0.2, -0.15) is 0 Å². The molecule has 5 heterocycles. The molecule has 22 heteroatoms. The Morgan fingerprint density at radius 3 is 2.19 bits per heavy atom. The number of benzene rings is 1. The summed E-state index contributed by atoms with van der Waals surface area (Å²) in [5, 5.41) is 24.6. The number of ether oxygens (including phenoxy) is 10. The molecule has 21 nitrogen and oxygen atoms in total. The summed E-state index contributed by atoms with van der Waals surface area (Å²) in [4.78, 5) is 71.0. The first-order valence-electron chi connectivity index (χ1n) is 28.0. The number of rotatable bonds is 18. The van der Waals surface area contributed by atoms with E-state index in [1.165, 1.54) is 13.3 Å². The fourth-order valence-corrected chi connectivity index (χ4v) is 12.6. The molecule has 0 amide bonds. The molecule has 0 unspecified atom stereocenters. The number of Topliss-reactive ketones (excluding diaryl/α,β-unsaturated/α-hetero) is 1. The number of cyclic esters (lactones) is 1. The van der Waals surface area contributed by atoms with Crippen LogP contribution >= 0.6 is 0 Å². The lowest BCUT2D eigenvalue weighted by Crippen LogP contribution is -2.61. The number of methoxy groups -OCH3 is 2. The number of carbonyl (C=O) groups excluding carboxylic acids is 3. The van der Waals surface area contributed by atoms with Crippen LogP contribution in [0.1, 0.15) is 124 Å². The van der Waals surface area contributed by atoms with Crippen molar-refractivity contribution < 1.29 is 81.2 Å². The Bertz CT molecular complexity index is 2570. The van der Waals surface area contributed by atoms with Crippen LogP contribution in [0.25, 0.3) is 10.9 Å². The van der Waals surface area contributed by atoms with E-state index in [9.17, 15) is 34.2 Å². The molecule has 3 N–H and O–H groups in total. The van der Waals surface area contributed by atoms with Crippen molar-refractivity contribution in [3.05, 3.63) is 39.9 Å². The van der Waals surface area contributed by atoms with Crippen LogP contribution in [0.15, 0.2) is 23.1 Å². The van der Waals surface area contributed by atoms with Crippen LogP contribution in [0.3, 0.4) is 0 Å². The van der Waals surface area contributed by atoms with Crippen LogP contribution < -0.4 is 10.7 Å². The molecule has 2 aromatic rings. The fourth-order valence-electron chi connectivity index (χ4n) is 12.6. The Labute approximate surface area is 463 Å². The third-order valence-electron chi connectivity index (χ3n) is 17.6.